The van der Waals surface area contributed by atoms with Crippen molar-refractivity contribution in [1.82, 2.24) is 10.2 Å². The van der Waals surface area contributed by atoms with Crippen LogP contribution < -0.4 is 20.1 Å². The molecule has 138 valence electrons. The lowest BCUT2D eigenvalue weighted by atomic mass is 10.2. The second-order valence-electron chi connectivity index (χ2n) is 6.41. The SMILES string of the molecule is CCN(CC(=O)NCC(C)C)CC(=O)Nc1ccc2c(c1)OCCO2. The van der Waals surface area contributed by atoms with Crippen LogP contribution in [0, 0.1) is 5.92 Å². The predicted molar refractivity (Wildman–Crippen MR) is 96.0 cm³/mol. The van der Waals surface area contributed by atoms with Crippen LogP contribution in [0.4, 0.5) is 5.69 Å². The molecule has 7 nitrogen and oxygen atoms in total. The van der Waals surface area contributed by atoms with Gasteiger partial charge in [0.1, 0.15) is 13.2 Å². The van der Waals surface area contributed by atoms with Crippen molar-refractivity contribution < 1.29 is 19.1 Å². The molecule has 0 saturated heterocycles. The van der Waals surface area contributed by atoms with Crippen LogP contribution in [0.2, 0.25) is 0 Å². The minimum atomic E-state index is -0.171. The molecular weight excluding hydrogens is 322 g/mol. The molecule has 0 spiro atoms. The second kappa shape index (κ2) is 9.27. The first kappa shape index (κ1) is 19.1. The predicted octanol–water partition coefficient (Wildman–Crippen LogP) is 1.49. The van der Waals surface area contributed by atoms with Gasteiger partial charge in [0.05, 0.1) is 13.1 Å². The molecule has 25 heavy (non-hydrogen) atoms. The zero-order valence-corrected chi connectivity index (χ0v) is 15.1. The molecule has 2 N–H and O–H groups in total. The summed E-state index contributed by atoms with van der Waals surface area (Å²) >= 11 is 0. The van der Waals surface area contributed by atoms with Gasteiger partial charge in [-0.1, -0.05) is 20.8 Å². The highest BCUT2D eigenvalue weighted by atomic mass is 16.6. The number of fused-ring (bicyclic) bond motifs is 1. The van der Waals surface area contributed by atoms with Crippen LogP contribution in [-0.4, -0.2) is 56.1 Å². The van der Waals surface area contributed by atoms with Gasteiger partial charge in [0.25, 0.3) is 0 Å². The third kappa shape index (κ3) is 6.26. The first-order valence-electron chi connectivity index (χ1n) is 8.66. The highest BCUT2D eigenvalue weighted by Crippen LogP contribution is 2.32. The molecule has 0 aromatic heterocycles. The van der Waals surface area contributed by atoms with Crippen LogP contribution >= 0.6 is 0 Å². The Balaban J connectivity index is 1.84. The van der Waals surface area contributed by atoms with E-state index >= 15 is 0 Å². The Morgan fingerprint density at radius 1 is 1.12 bits per heavy atom. The van der Waals surface area contributed by atoms with Crippen molar-refractivity contribution >= 4 is 17.5 Å². The number of amides is 2. The van der Waals surface area contributed by atoms with Crippen LogP contribution in [0.1, 0.15) is 20.8 Å². The summed E-state index contributed by atoms with van der Waals surface area (Å²) in [5.74, 6) is 1.47. The molecule has 0 fully saturated rings. The summed E-state index contributed by atoms with van der Waals surface area (Å²) in [7, 11) is 0. The first-order chi connectivity index (χ1) is 12.0. The van der Waals surface area contributed by atoms with E-state index in [1.807, 2.05) is 20.8 Å². The van der Waals surface area contributed by atoms with Crippen LogP contribution in [0.5, 0.6) is 11.5 Å². The van der Waals surface area contributed by atoms with Gasteiger partial charge in [-0.25, -0.2) is 0 Å². The Kier molecular flexibility index (Phi) is 7.06. The van der Waals surface area contributed by atoms with Crippen molar-refractivity contribution in [2.45, 2.75) is 20.8 Å². The number of likely N-dealkylation sites (N-methyl/N-ethyl adjacent to an activating group) is 1. The van der Waals surface area contributed by atoms with Crippen molar-refractivity contribution in [1.29, 1.82) is 0 Å². The molecule has 1 aliphatic rings. The van der Waals surface area contributed by atoms with E-state index in [4.69, 9.17) is 9.47 Å². The number of hydrogen-bond acceptors (Lipinski definition) is 5. The van der Waals surface area contributed by atoms with Crippen molar-refractivity contribution in [3.63, 3.8) is 0 Å². The van der Waals surface area contributed by atoms with Crippen LogP contribution in [-0.2, 0) is 9.59 Å². The number of carbonyl (C=O) groups is 2. The number of carbonyl (C=O) groups excluding carboxylic acids is 2. The smallest absolute Gasteiger partial charge is 0.238 e. The second-order valence-corrected chi connectivity index (χ2v) is 6.41. The zero-order valence-electron chi connectivity index (χ0n) is 15.1. The van der Waals surface area contributed by atoms with Gasteiger partial charge < -0.3 is 20.1 Å². The summed E-state index contributed by atoms with van der Waals surface area (Å²) in [4.78, 5) is 25.9. The maximum atomic E-state index is 12.2. The molecule has 2 amide bonds. The van der Waals surface area contributed by atoms with E-state index in [0.717, 1.165) is 0 Å². The van der Waals surface area contributed by atoms with Gasteiger partial charge in [0, 0.05) is 18.3 Å². The van der Waals surface area contributed by atoms with E-state index in [1.165, 1.54) is 0 Å². The molecule has 0 atom stereocenters. The van der Waals surface area contributed by atoms with E-state index < -0.39 is 0 Å². The molecule has 0 aliphatic carbocycles. The van der Waals surface area contributed by atoms with Gasteiger partial charge in [-0.2, -0.15) is 0 Å². The lowest BCUT2D eigenvalue weighted by Crippen LogP contribution is -2.41. The lowest BCUT2D eigenvalue weighted by molar-refractivity contribution is -0.123. The minimum Gasteiger partial charge on any atom is -0.486 e. The lowest BCUT2D eigenvalue weighted by Gasteiger charge is -2.21. The van der Waals surface area contributed by atoms with Gasteiger partial charge in [0.15, 0.2) is 11.5 Å². The fraction of sp³-hybridized carbons (Fsp3) is 0.556. The Morgan fingerprint density at radius 3 is 2.48 bits per heavy atom. The molecular formula is C18H27N3O4. The maximum Gasteiger partial charge on any atom is 0.238 e. The van der Waals surface area contributed by atoms with Crippen LogP contribution in [0.15, 0.2) is 18.2 Å². The highest BCUT2D eigenvalue weighted by molar-refractivity contribution is 5.93. The highest BCUT2D eigenvalue weighted by Gasteiger charge is 2.15. The standard InChI is InChI=1S/C18H27N3O4/c1-4-21(11-17(22)19-10-13(2)3)12-18(23)20-14-5-6-15-16(9-14)25-8-7-24-15/h5-6,9,13H,4,7-8,10-12H2,1-3H3,(H,19,22)(H,20,23). The third-order valence-corrected chi connectivity index (χ3v) is 3.72. The van der Waals surface area contributed by atoms with Crippen LogP contribution in [0.3, 0.4) is 0 Å². The van der Waals surface area contributed by atoms with Crippen molar-refractivity contribution in [3.05, 3.63) is 18.2 Å². The summed E-state index contributed by atoms with van der Waals surface area (Å²) in [6.45, 7) is 8.65. The molecule has 7 heteroatoms. The van der Waals surface area contributed by atoms with E-state index in [9.17, 15) is 9.59 Å². The van der Waals surface area contributed by atoms with E-state index in [0.29, 0.717) is 49.4 Å². The molecule has 1 aromatic rings. The van der Waals surface area contributed by atoms with Gasteiger partial charge in [0.2, 0.25) is 11.8 Å². The Morgan fingerprint density at radius 2 is 1.80 bits per heavy atom. The number of rotatable bonds is 8. The number of anilines is 1. The molecule has 0 saturated carbocycles. The molecule has 1 heterocycles. The topological polar surface area (TPSA) is 79.9 Å². The van der Waals surface area contributed by atoms with Gasteiger partial charge in [-0.05, 0) is 24.6 Å². The maximum absolute atomic E-state index is 12.2. The Labute approximate surface area is 148 Å². The molecule has 2 rings (SSSR count). The van der Waals surface area contributed by atoms with Crippen molar-refractivity contribution in [2.75, 3.05) is 44.7 Å². The van der Waals surface area contributed by atoms with E-state index in [2.05, 4.69) is 10.6 Å². The monoisotopic (exact) mass is 349 g/mol. The fourth-order valence-electron chi connectivity index (χ4n) is 2.38. The Bertz CT molecular complexity index is 604. The van der Waals surface area contributed by atoms with Crippen LogP contribution in [0.25, 0.3) is 0 Å². The zero-order chi connectivity index (χ0) is 18.2. The number of hydrogen-bond donors (Lipinski definition) is 2. The summed E-state index contributed by atoms with van der Waals surface area (Å²) in [5, 5.41) is 5.69. The minimum absolute atomic E-state index is 0.0670. The molecule has 0 bridgehead atoms. The fourth-order valence-corrected chi connectivity index (χ4v) is 2.38. The summed E-state index contributed by atoms with van der Waals surface area (Å²) in [5.41, 5.74) is 0.648. The largest absolute Gasteiger partial charge is 0.486 e. The van der Waals surface area contributed by atoms with E-state index in [1.54, 1.807) is 23.1 Å². The molecule has 1 aromatic carbocycles. The van der Waals surface area contributed by atoms with Crippen molar-refractivity contribution in [2.24, 2.45) is 5.92 Å². The summed E-state index contributed by atoms with van der Waals surface area (Å²) in [6.07, 6.45) is 0. The number of nitrogens with one attached hydrogen (secondary N) is 2. The van der Waals surface area contributed by atoms with Crippen molar-refractivity contribution in [3.8, 4) is 11.5 Å². The first-order valence-corrected chi connectivity index (χ1v) is 8.66. The van der Waals surface area contributed by atoms with Gasteiger partial charge in [-0.15, -0.1) is 0 Å². The summed E-state index contributed by atoms with van der Waals surface area (Å²) in [6, 6.07) is 5.30. The normalized spacial score (nSPS) is 13.0. The number of benzene rings is 1. The molecule has 0 unspecified atom stereocenters. The average molecular weight is 349 g/mol. The van der Waals surface area contributed by atoms with Gasteiger partial charge in [-0.3, -0.25) is 14.5 Å². The Hall–Kier alpha value is -2.28. The third-order valence-electron chi connectivity index (χ3n) is 3.72. The van der Waals surface area contributed by atoms with Gasteiger partial charge >= 0.3 is 0 Å². The number of nitrogens with zero attached hydrogens (tertiary/aromatic N) is 1. The quantitative estimate of drug-likeness (QED) is 0.743. The average Bonchev–Trinajstić information content (AvgIpc) is 2.59. The number of ether oxygens (including phenoxy) is 2. The summed E-state index contributed by atoms with van der Waals surface area (Å²) < 4.78 is 11.0. The molecule has 0 radical (unpaired) electrons. The molecule has 1 aliphatic heterocycles. The van der Waals surface area contributed by atoms with E-state index in [-0.39, 0.29) is 24.9 Å².